The third-order valence-electron chi connectivity index (χ3n) is 4.21. The summed E-state index contributed by atoms with van der Waals surface area (Å²) in [4.78, 5) is 12.4. The van der Waals surface area contributed by atoms with Crippen molar-refractivity contribution in [2.75, 3.05) is 17.7 Å². The highest BCUT2D eigenvalue weighted by molar-refractivity contribution is 7.99. The van der Waals surface area contributed by atoms with Crippen LogP contribution in [0.15, 0.2) is 76.4 Å². The molecule has 4 aromatic rings. The van der Waals surface area contributed by atoms with E-state index in [1.165, 1.54) is 11.8 Å². The Hall–Kier alpha value is -3.32. The highest BCUT2D eigenvalue weighted by atomic mass is 32.2. The number of fused-ring (bicyclic) bond motifs is 1. The van der Waals surface area contributed by atoms with Crippen molar-refractivity contribution in [1.29, 1.82) is 0 Å². The molecule has 0 saturated heterocycles. The van der Waals surface area contributed by atoms with E-state index in [1.54, 1.807) is 0 Å². The maximum atomic E-state index is 12.4. The van der Waals surface area contributed by atoms with Gasteiger partial charge in [0.15, 0.2) is 0 Å². The molecule has 29 heavy (non-hydrogen) atoms. The van der Waals surface area contributed by atoms with Crippen LogP contribution in [-0.4, -0.2) is 28.5 Å². The first-order valence-electron chi connectivity index (χ1n) is 9.20. The van der Waals surface area contributed by atoms with Crippen molar-refractivity contribution in [2.24, 2.45) is 0 Å². The van der Waals surface area contributed by atoms with Crippen LogP contribution >= 0.6 is 11.8 Å². The number of thioether (sulfide) groups is 1. The highest BCUT2D eigenvalue weighted by Crippen LogP contribution is 2.26. The molecule has 6 nitrogen and oxygen atoms in total. The first kappa shape index (κ1) is 19.0. The molecule has 146 valence electrons. The molecule has 0 radical (unpaired) electrons. The lowest BCUT2D eigenvalue weighted by atomic mass is 10.1. The second-order valence-electron chi connectivity index (χ2n) is 6.19. The van der Waals surface area contributed by atoms with Crippen molar-refractivity contribution in [3.05, 3.63) is 66.7 Å². The van der Waals surface area contributed by atoms with Crippen LogP contribution in [0.1, 0.15) is 6.92 Å². The van der Waals surface area contributed by atoms with Crippen molar-refractivity contribution < 1.29 is 13.9 Å². The van der Waals surface area contributed by atoms with Gasteiger partial charge in [-0.3, -0.25) is 4.79 Å². The SMILES string of the molecule is CCOc1ccc(-c2nnc(SCC(=O)Nc3cccc4ccccc34)o2)cc1. The summed E-state index contributed by atoms with van der Waals surface area (Å²) in [7, 11) is 0. The van der Waals surface area contributed by atoms with E-state index in [0.29, 0.717) is 17.7 Å². The van der Waals surface area contributed by atoms with E-state index in [9.17, 15) is 4.79 Å². The van der Waals surface area contributed by atoms with Crippen LogP contribution in [0.25, 0.3) is 22.2 Å². The lowest BCUT2D eigenvalue weighted by Gasteiger charge is -2.07. The van der Waals surface area contributed by atoms with Gasteiger partial charge in [0.2, 0.25) is 11.8 Å². The number of carbonyl (C=O) groups is 1. The zero-order chi connectivity index (χ0) is 20.1. The lowest BCUT2D eigenvalue weighted by Crippen LogP contribution is -2.14. The van der Waals surface area contributed by atoms with Crippen LogP contribution in [0.2, 0.25) is 0 Å². The Kier molecular flexibility index (Phi) is 5.76. The van der Waals surface area contributed by atoms with Crippen molar-refractivity contribution in [1.82, 2.24) is 10.2 Å². The zero-order valence-corrected chi connectivity index (χ0v) is 16.6. The zero-order valence-electron chi connectivity index (χ0n) is 15.8. The standard InChI is InChI=1S/C22H19N3O3S/c1-2-27-17-12-10-16(11-13-17)21-24-25-22(28-21)29-14-20(26)23-19-9-5-7-15-6-3-4-8-18(15)19/h3-13H,2,14H2,1H3,(H,23,26). The monoisotopic (exact) mass is 405 g/mol. The molecule has 3 aromatic carbocycles. The predicted octanol–water partition coefficient (Wildman–Crippen LogP) is 5.02. The largest absolute Gasteiger partial charge is 0.494 e. The molecule has 0 fully saturated rings. The van der Waals surface area contributed by atoms with Gasteiger partial charge in [-0.1, -0.05) is 48.2 Å². The molecule has 0 aliphatic rings. The first-order valence-corrected chi connectivity index (χ1v) is 10.2. The fraction of sp³-hybridized carbons (Fsp3) is 0.136. The summed E-state index contributed by atoms with van der Waals surface area (Å²) < 4.78 is 11.1. The maximum Gasteiger partial charge on any atom is 0.277 e. The topological polar surface area (TPSA) is 77.2 Å². The number of ether oxygens (including phenoxy) is 1. The van der Waals surface area contributed by atoms with Crippen molar-refractivity contribution >= 4 is 34.1 Å². The van der Waals surface area contributed by atoms with Gasteiger partial charge in [-0.15, -0.1) is 10.2 Å². The van der Waals surface area contributed by atoms with Gasteiger partial charge in [-0.2, -0.15) is 0 Å². The lowest BCUT2D eigenvalue weighted by molar-refractivity contribution is -0.113. The molecule has 1 amide bonds. The molecule has 1 N–H and O–H groups in total. The van der Waals surface area contributed by atoms with E-state index < -0.39 is 0 Å². The summed E-state index contributed by atoms with van der Waals surface area (Å²) >= 11 is 1.20. The average molecular weight is 405 g/mol. The first-order chi connectivity index (χ1) is 14.2. The molecule has 0 aliphatic heterocycles. The van der Waals surface area contributed by atoms with Gasteiger partial charge in [0, 0.05) is 16.6 Å². The smallest absolute Gasteiger partial charge is 0.277 e. The van der Waals surface area contributed by atoms with Gasteiger partial charge in [-0.25, -0.2) is 0 Å². The number of amides is 1. The van der Waals surface area contributed by atoms with Gasteiger partial charge >= 0.3 is 0 Å². The number of nitrogens with one attached hydrogen (secondary N) is 1. The average Bonchev–Trinajstić information content (AvgIpc) is 3.22. The Labute approximate surface area is 172 Å². The molecule has 1 heterocycles. The second kappa shape index (κ2) is 8.79. The van der Waals surface area contributed by atoms with Gasteiger partial charge < -0.3 is 14.5 Å². The van der Waals surface area contributed by atoms with Gasteiger partial charge in [0.1, 0.15) is 5.75 Å². The second-order valence-corrected chi connectivity index (χ2v) is 7.12. The molecule has 0 spiro atoms. The van der Waals surface area contributed by atoms with E-state index in [4.69, 9.17) is 9.15 Å². The van der Waals surface area contributed by atoms with E-state index in [-0.39, 0.29) is 11.7 Å². The summed E-state index contributed by atoms with van der Waals surface area (Å²) in [5.41, 5.74) is 1.59. The molecule has 0 bridgehead atoms. The van der Waals surface area contributed by atoms with E-state index >= 15 is 0 Å². The number of hydrogen-bond acceptors (Lipinski definition) is 6. The Balaban J connectivity index is 1.37. The summed E-state index contributed by atoms with van der Waals surface area (Å²) in [5, 5.41) is 13.4. The summed E-state index contributed by atoms with van der Waals surface area (Å²) in [6.07, 6.45) is 0. The number of hydrogen-bond donors (Lipinski definition) is 1. The van der Waals surface area contributed by atoms with Crippen molar-refractivity contribution in [3.8, 4) is 17.2 Å². The maximum absolute atomic E-state index is 12.4. The van der Waals surface area contributed by atoms with Crippen molar-refractivity contribution in [2.45, 2.75) is 12.1 Å². The van der Waals surface area contributed by atoms with Gasteiger partial charge in [0.05, 0.1) is 12.4 Å². The van der Waals surface area contributed by atoms with Crippen molar-refractivity contribution in [3.63, 3.8) is 0 Å². The predicted molar refractivity (Wildman–Crippen MR) is 114 cm³/mol. The number of rotatable bonds is 7. The molecule has 1 aromatic heterocycles. The Bertz CT molecular complexity index is 1120. The third-order valence-corrected chi connectivity index (χ3v) is 5.03. The number of aromatic nitrogens is 2. The van der Waals surface area contributed by atoms with E-state index in [2.05, 4.69) is 15.5 Å². The van der Waals surface area contributed by atoms with Crippen LogP contribution in [0.5, 0.6) is 5.75 Å². The quantitative estimate of drug-likeness (QED) is 0.435. The molecule has 0 aliphatic carbocycles. The molecule has 0 saturated carbocycles. The van der Waals surface area contributed by atoms with Crippen LogP contribution in [0.4, 0.5) is 5.69 Å². The summed E-state index contributed by atoms with van der Waals surface area (Å²) in [6, 6.07) is 21.2. The molecule has 4 rings (SSSR count). The Morgan fingerprint density at radius 3 is 2.66 bits per heavy atom. The minimum Gasteiger partial charge on any atom is -0.494 e. The molecular formula is C22H19N3O3S. The Morgan fingerprint density at radius 2 is 1.83 bits per heavy atom. The minimum absolute atomic E-state index is 0.132. The normalized spacial score (nSPS) is 10.8. The molecule has 0 unspecified atom stereocenters. The van der Waals surface area contributed by atoms with Gasteiger partial charge in [-0.05, 0) is 42.6 Å². The summed E-state index contributed by atoms with van der Waals surface area (Å²) in [6.45, 7) is 2.55. The fourth-order valence-electron chi connectivity index (χ4n) is 2.89. The molecule has 7 heteroatoms. The number of benzene rings is 3. The van der Waals surface area contributed by atoms with Gasteiger partial charge in [0.25, 0.3) is 5.22 Å². The number of carbonyl (C=O) groups excluding carboxylic acids is 1. The minimum atomic E-state index is -0.132. The van der Waals surface area contributed by atoms with E-state index in [1.807, 2.05) is 73.7 Å². The number of anilines is 1. The summed E-state index contributed by atoms with van der Waals surface area (Å²) in [5.74, 6) is 1.24. The van der Waals surface area contributed by atoms with Crippen LogP contribution in [-0.2, 0) is 4.79 Å². The third kappa shape index (κ3) is 4.57. The van der Waals surface area contributed by atoms with Crippen LogP contribution in [0, 0.1) is 0 Å². The van der Waals surface area contributed by atoms with E-state index in [0.717, 1.165) is 27.8 Å². The number of nitrogens with zero attached hydrogens (tertiary/aromatic N) is 2. The Morgan fingerprint density at radius 1 is 1.03 bits per heavy atom. The van der Waals surface area contributed by atoms with Crippen LogP contribution < -0.4 is 10.1 Å². The fourth-order valence-corrected chi connectivity index (χ4v) is 3.46. The molecular weight excluding hydrogens is 386 g/mol. The molecule has 0 atom stereocenters. The highest BCUT2D eigenvalue weighted by Gasteiger charge is 2.12. The van der Waals surface area contributed by atoms with Crippen LogP contribution in [0.3, 0.4) is 0 Å².